The number of aromatic nitrogens is 1. The van der Waals surface area contributed by atoms with Crippen molar-refractivity contribution in [3.05, 3.63) is 112 Å². The fraction of sp³-hybridized carbons (Fsp3) is 0.167. The summed E-state index contributed by atoms with van der Waals surface area (Å²) in [5.41, 5.74) is 3.79. The van der Waals surface area contributed by atoms with Crippen molar-refractivity contribution in [1.29, 1.82) is 0 Å². The van der Waals surface area contributed by atoms with E-state index in [1.807, 2.05) is 56.3 Å². The van der Waals surface area contributed by atoms with Crippen molar-refractivity contribution in [3.8, 4) is 11.5 Å². The van der Waals surface area contributed by atoms with Gasteiger partial charge in [0.15, 0.2) is 16.6 Å². The number of hydrogen-bond acceptors (Lipinski definition) is 7. The highest BCUT2D eigenvalue weighted by Crippen LogP contribution is 2.45. The van der Waals surface area contributed by atoms with Crippen LogP contribution < -0.4 is 14.4 Å². The maximum atomic E-state index is 13.4. The Labute approximate surface area is 224 Å². The molecule has 1 amide bonds. The maximum Gasteiger partial charge on any atom is 0.301 e. The molecule has 1 aliphatic rings. The highest BCUT2D eigenvalue weighted by molar-refractivity contribution is 7.14. The highest BCUT2D eigenvalue weighted by Gasteiger charge is 2.48. The summed E-state index contributed by atoms with van der Waals surface area (Å²) in [4.78, 5) is 32.3. The molecule has 1 atom stereocenters. The lowest BCUT2D eigenvalue weighted by Crippen LogP contribution is -2.29. The van der Waals surface area contributed by atoms with Crippen molar-refractivity contribution < 1.29 is 24.2 Å². The fourth-order valence-electron chi connectivity index (χ4n) is 4.52. The molecule has 1 saturated heterocycles. The normalized spacial score (nSPS) is 16.6. The second kappa shape index (κ2) is 10.5. The monoisotopic (exact) mass is 526 g/mol. The second-order valence-electron chi connectivity index (χ2n) is 8.99. The number of carbonyl (C=O) groups excluding carboxylic acids is 2. The summed E-state index contributed by atoms with van der Waals surface area (Å²) in [5.74, 6) is -0.792. The van der Waals surface area contributed by atoms with E-state index in [4.69, 9.17) is 9.47 Å². The predicted octanol–water partition coefficient (Wildman–Crippen LogP) is 5.97. The van der Waals surface area contributed by atoms with Crippen molar-refractivity contribution in [1.82, 2.24) is 4.98 Å². The first-order chi connectivity index (χ1) is 18.4. The van der Waals surface area contributed by atoms with Crippen LogP contribution in [0.5, 0.6) is 11.5 Å². The van der Waals surface area contributed by atoms with Gasteiger partial charge in [-0.1, -0.05) is 54.1 Å². The Balaban J connectivity index is 1.62. The third-order valence-corrected chi connectivity index (χ3v) is 7.23. The predicted molar refractivity (Wildman–Crippen MR) is 147 cm³/mol. The third-order valence-electron chi connectivity index (χ3n) is 6.46. The van der Waals surface area contributed by atoms with Crippen LogP contribution in [-0.2, 0) is 16.2 Å². The van der Waals surface area contributed by atoms with Gasteiger partial charge in [-0.25, -0.2) is 4.98 Å². The average molecular weight is 527 g/mol. The van der Waals surface area contributed by atoms with E-state index in [1.165, 1.54) is 23.3 Å². The molecule has 1 aromatic heterocycles. The van der Waals surface area contributed by atoms with Gasteiger partial charge in [-0.2, -0.15) is 0 Å². The van der Waals surface area contributed by atoms with Gasteiger partial charge in [-0.05, 0) is 48.7 Å². The number of carbonyl (C=O) groups is 2. The fourth-order valence-corrected chi connectivity index (χ4v) is 5.19. The van der Waals surface area contributed by atoms with Crippen molar-refractivity contribution >= 4 is 33.9 Å². The third kappa shape index (κ3) is 4.66. The first-order valence-electron chi connectivity index (χ1n) is 12.0. The molecule has 5 rings (SSSR count). The van der Waals surface area contributed by atoms with Crippen molar-refractivity contribution in [2.24, 2.45) is 0 Å². The van der Waals surface area contributed by atoms with Crippen LogP contribution in [0.4, 0.5) is 5.13 Å². The molecule has 0 saturated carbocycles. The average Bonchev–Trinajstić information content (AvgIpc) is 3.55. The molecule has 1 aliphatic heterocycles. The molecule has 3 aromatic carbocycles. The van der Waals surface area contributed by atoms with Crippen LogP contribution in [0.15, 0.2) is 83.9 Å². The van der Waals surface area contributed by atoms with E-state index in [0.717, 1.165) is 16.7 Å². The summed E-state index contributed by atoms with van der Waals surface area (Å²) in [6, 6.07) is 19.7. The van der Waals surface area contributed by atoms with Gasteiger partial charge in [0.2, 0.25) is 0 Å². The minimum atomic E-state index is -0.905. The van der Waals surface area contributed by atoms with Crippen molar-refractivity contribution in [2.45, 2.75) is 26.5 Å². The van der Waals surface area contributed by atoms with Crippen LogP contribution >= 0.6 is 11.3 Å². The molecule has 7 nitrogen and oxygen atoms in total. The van der Waals surface area contributed by atoms with Crippen LogP contribution in [0, 0.1) is 13.8 Å². The van der Waals surface area contributed by atoms with Crippen LogP contribution in [0.25, 0.3) is 5.76 Å². The van der Waals surface area contributed by atoms with Crippen LogP contribution in [-0.4, -0.2) is 28.9 Å². The van der Waals surface area contributed by atoms with Gasteiger partial charge in [0.25, 0.3) is 5.78 Å². The number of thiazole rings is 1. The topological polar surface area (TPSA) is 89.0 Å². The summed E-state index contributed by atoms with van der Waals surface area (Å²) < 4.78 is 11.6. The summed E-state index contributed by atoms with van der Waals surface area (Å²) in [6.07, 6.45) is 1.57. The van der Waals surface area contributed by atoms with E-state index in [2.05, 4.69) is 4.98 Å². The molecule has 0 spiro atoms. The number of nitrogens with zero attached hydrogens (tertiary/aromatic N) is 2. The molecule has 1 N–H and O–H groups in total. The Morgan fingerprint density at radius 3 is 2.53 bits per heavy atom. The summed E-state index contributed by atoms with van der Waals surface area (Å²) >= 11 is 1.24. The number of aliphatic hydroxyl groups is 1. The van der Waals surface area contributed by atoms with E-state index in [0.29, 0.717) is 34.4 Å². The van der Waals surface area contributed by atoms with E-state index in [9.17, 15) is 14.7 Å². The zero-order chi connectivity index (χ0) is 26.8. The summed E-state index contributed by atoms with van der Waals surface area (Å²) in [5, 5.41) is 13.6. The van der Waals surface area contributed by atoms with Crippen LogP contribution in [0.2, 0.25) is 0 Å². The Morgan fingerprint density at radius 2 is 1.82 bits per heavy atom. The number of amides is 1. The number of aryl methyl sites for hydroxylation is 2. The number of anilines is 1. The molecule has 1 fully saturated rings. The molecule has 0 radical (unpaired) electrons. The highest BCUT2D eigenvalue weighted by atomic mass is 32.1. The first kappa shape index (κ1) is 25.2. The number of ketones is 1. The molecular weight excluding hydrogens is 500 g/mol. The number of ether oxygens (including phenoxy) is 2. The van der Waals surface area contributed by atoms with Crippen LogP contribution in [0.1, 0.15) is 33.9 Å². The van der Waals surface area contributed by atoms with Gasteiger partial charge in [0, 0.05) is 17.1 Å². The Bertz CT molecular complexity index is 1530. The minimum absolute atomic E-state index is 0.00101. The first-order valence-corrected chi connectivity index (χ1v) is 12.9. The number of rotatable bonds is 7. The summed E-state index contributed by atoms with van der Waals surface area (Å²) in [6.45, 7) is 4.10. The Morgan fingerprint density at radius 1 is 1.03 bits per heavy atom. The van der Waals surface area contributed by atoms with E-state index < -0.39 is 17.7 Å². The smallest absolute Gasteiger partial charge is 0.301 e. The lowest BCUT2D eigenvalue weighted by atomic mass is 9.93. The van der Waals surface area contributed by atoms with Crippen molar-refractivity contribution in [2.75, 3.05) is 12.0 Å². The van der Waals surface area contributed by atoms with Gasteiger partial charge < -0.3 is 14.6 Å². The molecule has 192 valence electrons. The Kier molecular flexibility index (Phi) is 6.98. The van der Waals surface area contributed by atoms with E-state index in [1.54, 1.807) is 35.8 Å². The van der Waals surface area contributed by atoms with Crippen LogP contribution in [0.3, 0.4) is 0 Å². The van der Waals surface area contributed by atoms with Gasteiger partial charge in [0.05, 0.1) is 18.7 Å². The molecule has 2 heterocycles. The molecule has 0 bridgehead atoms. The van der Waals surface area contributed by atoms with E-state index >= 15 is 0 Å². The SMILES string of the molecule is COc1cc(C2C(=C(O)c3cc(C)ccc3C)C(=O)C(=O)N2c2nccs2)ccc1OCc1ccccc1. The zero-order valence-corrected chi connectivity index (χ0v) is 22.0. The van der Waals surface area contributed by atoms with Gasteiger partial charge in [-0.3, -0.25) is 14.5 Å². The molecule has 1 unspecified atom stereocenters. The second-order valence-corrected chi connectivity index (χ2v) is 9.86. The number of Topliss-reactive ketones (excluding diaryl/α,β-unsaturated/α-hetero) is 1. The lowest BCUT2D eigenvalue weighted by Gasteiger charge is -2.24. The minimum Gasteiger partial charge on any atom is -0.507 e. The zero-order valence-electron chi connectivity index (χ0n) is 21.2. The van der Waals surface area contributed by atoms with Crippen molar-refractivity contribution in [3.63, 3.8) is 0 Å². The number of hydrogen-bond donors (Lipinski definition) is 1. The molecule has 0 aliphatic carbocycles. The number of aliphatic hydroxyl groups excluding tert-OH is 1. The molecule has 38 heavy (non-hydrogen) atoms. The maximum absolute atomic E-state index is 13.4. The number of benzene rings is 3. The molecular formula is C30H26N2O5S. The standard InChI is InChI=1S/C30H26N2O5S/c1-18-9-10-19(2)22(15-18)27(33)25-26(32(29(35)28(25)34)30-31-13-14-38-30)21-11-12-23(24(16-21)36-3)37-17-20-7-5-4-6-8-20/h4-16,26,33H,17H2,1-3H3. The van der Waals surface area contributed by atoms with E-state index in [-0.39, 0.29) is 11.3 Å². The summed E-state index contributed by atoms with van der Waals surface area (Å²) in [7, 11) is 1.53. The quantitative estimate of drug-likeness (QED) is 0.181. The molecule has 8 heteroatoms. The Hall–Kier alpha value is -4.43. The largest absolute Gasteiger partial charge is 0.507 e. The van der Waals surface area contributed by atoms with Gasteiger partial charge in [0.1, 0.15) is 12.4 Å². The molecule has 4 aromatic rings. The van der Waals surface area contributed by atoms with Gasteiger partial charge in [-0.15, -0.1) is 11.3 Å². The lowest BCUT2D eigenvalue weighted by molar-refractivity contribution is -0.132. The van der Waals surface area contributed by atoms with Gasteiger partial charge >= 0.3 is 5.91 Å². The number of methoxy groups -OCH3 is 1.